The maximum absolute atomic E-state index is 6.69. The van der Waals surface area contributed by atoms with Crippen LogP contribution < -0.4 is 0 Å². The van der Waals surface area contributed by atoms with E-state index in [1.807, 2.05) is 0 Å². The lowest BCUT2D eigenvalue weighted by molar-refractivity contribution is 0.350. The summed E-state index contributed by atoms with van der Waals surface area (Å²) in [6, 6.07) is 0. The van der Waals surface area contributed by atoms with Crippen molar-refractivity contribution >= 4 is 18.9 Å². The van der Waals surface area contributed by atoms with Gasteiger partial charge in [-0.05, 0) is 41.3 Å². The van der Waals surface area contributed by atoms with Crippen molar-refractivity contribution in [3.05, 3.63) is 0 Å². The van der Waals surface area contributed by atoms with Gasteiger partial charge in [-0.3, -0.25) is 13.7 Å². The molecule has 5 heteroatoms. The molecule has 0 aliphatic heterocycles. The summed E-state index contributed by atoms with van der Waals surface area (Å²) in [5.41, 5.74) is 0. The van der Waals surface area contributed by atoms with E-state index >= 15 is 0 Å². The molecule has 0 N–H and O–H groups in total. The highest BCUT2D eigenvalue weighted by molar-refractivity contribution is 7.15. The molecular formula is C8H22ClN3Si. The molecule has 13 heavy (non-hydrogen) atoms. The van der Waals surface area contributed by atoms with Gasteiger partial charge in [-0.25, -0.2) is 0 Å². The van der Waals surface area contributed by atoms with Crippen molar-refractivity contribution in [2.45, 2.75) is 13.8 Å². The molecule has 0 saturated carbocycles. The van der Waals surface area contributed by atoms with Gasteiger partial charge in [0.2, 0.25) is 0 Å². The molecule has 0 fully saturated rings. The van der Waals surface area contributed by atoms with Crippen LogP contribution in [0.1, 0.15) is 13.8 Å². The normalized spacial score (nSPS) is 13.4. The highest BCUT2D eigenvalue weighted by Crippen LogP contribution is 2.19. The number of nitrogens with zero attached hydrogens (tertiary/aromatic N) is 3. The molecule has 0 rings (SSSR count). The number of hydrogen-bond acceptors (Lipinski definition) is 3. The zero-order valence-electron chi connectivity index (χ0n) is 9.63. The topological polar surface area (TPSA) is 9.72 Å². The van der Waals surface area contributed by atoms with Crippen molar-refractivity contribution < 1.29 is 0 Å². The molecule has 0 amide bonds. The quantitative estimate of drug-likeness (QED) is 0.511. The van der Waals surface area contributed by atoms with Crippen LogP contribution in [0.25, 0.3) is 0 Å². The molecule has 0 aromatic rings. The lowest BCUT2D eigenvalue weighted by Crippen LogP contribution is -2.68. The third kappa shape index (κ3) is 2.67. The van der Waals surface area contributed by atoms with Gasteiger partial charge >= 0.3 is 7.87 Å². The van der Waals surface area contributed by atoms with Crippen molar-refractivity contribution in [3.8, 4) is 0 Å². The summed E-state index contributed by atoms with van der Waals surface area (Å²) in [7, 11) is 6.15. The van der Waals surface area contributed by atoms with Crippen LogP contribution in [0.4, 0.5) is 0 Å². The molecule has 0 aromatic carbocycles. The number of hydrogen-bond donors (Lipinski definition) is 0. The largest absolute Gasteiger partial charge is 0.391 e. The summed E-state index contributed by atoms with van der Waals surface area (Å²) in [4.78, 5) is 0. The summed E-state index contributed by atoms with van der Waals surface area (Å²) < 4.78 is 6.65. The number of halogens is 1. The van der Waals surface area contributed by atoms with Crippen molar-refractivity contribution in [3.63, 3.8) is 0 Å². The third-order valence-electron chi connectivity index (χ3n) is 2.30. The zero-order valence-corrected chi connectivity index (χ0v) is 11.4. The van der Waals surface area contributed by atoms with Gasteiger partial charge in [0.15, 0.2) is 0 Å². The Morgan fingerprint density at radius 3 is 1.31 bits per heavy atom. The van der Waals surface area contributed by atoms with E-state index in [4.69, 9.17) is 11.1 Å². The first-order valence-electron chi connectivity index (χ1n) is 4.70. The first-order chi connectivity index (χ1) is 5.91. The van der Waals surface area contributed by atoms with Gasteiger partial charge < -0.3 is 0 Å². The first-order valence-corrected chi connectivity index (χ1v) is 7.55. The average molecular weight is 224 g/mol. The Kier molecular flexibility index (Phi) is 5.47. The highest BCUT2D eigenvalue weighted by atomic mass is 35.6. The van der Waals surface area contributed by atoms with E-state index in [-0.39, 0.29) is 0 Å². The number of rotatable bonds is 5. The Hall–Kier alpha value is 0.387. The van der Waals surface area contributed by atoms with Crippen LogP contribution in [0.15, 0.2) is 0 Å². The predicted molar refractivity (Wildman–Crippen MR) is 61.9 cm³/mol. The Morgan fingerprint density at radius 1 is 0.923 bits per heavy atom. The van der Waals surface area contributed by atoms with Gasteiger partial charge in [-0.1, -0.05) is 13.8 Å². The van der Waals surface area contributed by atoms with Crippen molar-refractivity contribution in [2.24, 2.45) is 0 Å². The van der Waals surface area contributed by atoms with E-state index in [2.05, 4.69) is 55.7 Å². The smallest absolute Gasteiger partial charge is 0.293 e. The Morgan fingerprint density at radius 2 is 1.23 bits per heavy atom. The van der Waals surface area contributed by atoms with Crippen molar-refractivity contribution in [2.75, 3.05) is 41.3 Å². The minimum Gasteiger partial charge on any atom is -0.293 e. The van der Waals surface area contributed by atoms with Gasteiger partial charge in [0.25, 0.3) is 0 Å². The van der Waals surface area contributed by atoms with E-state index in [1.165, 1.54) is 0 Å². The molecule has 0 aliphatic rings. The lowest BCUT2D eigenvalue weighted by atomic mass is 10.7. The summed E-state index contributed by atoms with van der Waals surface area (Å²) in [6.07, 6.45) is 0. The lowest BCUT2D eigenvalue weighted by Gasteiger charge is -2.43. The zero-order chi connectivity index (χ0) is 10.6. The van der Waals surface area contributed by atoms with Crippen LogP contribution in [0, 0.1) is 0 Å². The van der Waals surface area contributed by atoms with Crippen molar-refractivity contribution in [1.82, 2.24) is 13.7 Å². The molecule has 0 unspecified atom stereocenters. The summed E-state index contributed by atoms with van der Waals surface area (Å²) in [5, 5.41) is 0. The average Bonchev–Trinajstić information content (AvgIpc) is 2.05. The van der Waals surface area contributed by atoms with Crippen LogP contribution in [0.2, 0.25) is 0 Å². The maximum atomic E-state index is 6.69. The second-order valence-corrected chi connectivity index (χ2v) is 8.56. The molecule has 80 valence electrons. The fourth-order valence-corrected chi connectivity index (χ4v) is 5.04. The van der Waals surface area contributed by atoms with Crippen LogP contribution in [-0.4, -0.2) is 62.8 Å². The van der Waals surface area contributed by atoms with Crippen LogP contribution in [-0.2, 0) is 0 Å². The van der Waals surface area contributed by atoms with E-state index in [9.17, 15) is 0 Å². The Balaban J connectivity index is 4.75. The van der Waals surface area contributed by atoms with Crippen LogP contribution >= 0.6 is 11.1 Å². The second-order valence-electron chi connectivity index (χ2n) is 3.51. The minimum atomic E-state index is -2.06. The van der Waals surface area contributed by atoms with Gasteiger partial charge in [0, 0.05) is 0 Å². The monoisotopic (exact) mass is 223 g/mol. The molecular weight excluding hydrogens is 202 g/mol. The highest BCUT2D eigenvalue weighted by Gasteiger charge is 2.43. The second kappa shape index (κ2) is 5.31. The SMILES string of the molecule is CCN(CC)[Si](Cl)(N(C)C)N(C)C. The summed E-state index contributed by atoms with van der Waals surface area (Å²) in [6.45, 7) is 6.31. The van der Waals surface area contributed by atoms with Crippen molar-refractivity contribution in [1.29, 1.82) is 0 Å². The Bertz CT molecular complexity index is 140. The minimum absolute atomic E-state index is 1.00. The van der Waals surface area contributed by atoms with Gasteiger partial charge in [-0.15, -0.1) is 11.1 Å². The molecule has 0 bridgehead atoms. The molecule has 0 heterocycles. The van der Waals surface area contributed by atoms with E-state index in [0.29, 0.717) is 0 Å². The molecule has 3 nitrogen and oxygen atoms in total. The molecule has 0 atom stereocenters. The van der Waals surface area contributed by atoms with E-state index in [0.717, 1.165) is 13.1 Å². The predicted octanol–water partition coefficient (Wildman–Crippen LogP) is 1.13. The molecule has 0 aliphatic carbocycles. The van der Waals surface area contributed by atoms with Gasteiger partial charge in [-0.2, -0.15) is 0 Å². The first kappa shape index (κ1) is 13.4. The summed E-state index contributed by atoms with van der Waals surface area (Å²) in [5.74, 6) is 0. The molecule has 0 radical (unpaired) electrons. The fraction of sp³-hybridized carbons (Fsp3) is 1.00. The van der Waals surface area contributed by atoms with Crippen LogP contribution in [0.3, 0.4) is 0 Å². The fourth-order valence-electron chi connectivity index (χ4n) is 1.59. The van der Waals surface area contributed by atoms with E-state index < -0.39 is 7.87 Å². The Labute approximate surface area is 88.2 Å². The van der Waals surface area contributed by atoms with Crippen LogP contribution in [0.5, 0.6) is 0 Å². The third-order valence-corrected chi connectivity index (χ3v) is 8.76. The molecule has 0 spiro atoms. The van der Waals surface area contributed by atoms with Gasteiger partial charge in [0.05, 0.1) is 0 Å². The maximum Gasteiger partial charge on any atom is 0.391 e. The van der Waals surface area contributed by atoms with Gasteiger partial charge in [0.1, 0.15) is 0 Å². The molecule has 0 aromatic heterocycles. The standard InChI is InChI=1S/C8H22ClN3Si/c1-7-12(8-2)13(9,10(3)4)11(5)6/h7-8H2,1-6H3. The van der Waals surface area contributed by atoms with E-state index in [1.54, 1.807) is 0 Å². The molecule has 0 saturated heterocycles. The summed E-state index contributed by atoms with van der Waals surface area (Å²) >= 11 is 6.69.